The molecule has 1 aliphatic carbocycles. The van der Waals surface area contributed by atoms with Crippen molar-refractivity contribution in [1.29, 1.82) is 5.26 Å². The largest absolute Gasteiger partial charge is 0.321 e. The molecule has 0 aliphatic heterocycles. The third-order valence-corrected chi connectivity index (χ3v) is 11.8. The summed E-state index contributed by atoms with van der Waals surface area (Å²) in [6, 6.07) is 33.4. The first-order chi connectivity index (χ1) is 25.2. The van der Waals surface area contributed by atoms with E-state index in [1.807, 2.05) is 19.1 Å². The summed E-state index contributed by atoms with van der Waals surface area (Å²) < 4.78 is 0. The number of carbonyl (C=O) groups is 3. The van der Waals surface area contributed by atoms with E-state index in [0.29, 0.717) is 49.8 Å². The Morgan fingerprint density at radius 2 is 1.71 bits per heavy atom. The zero-order valence-corrected chi connectivity index (χ0v) is 31.3. The second-order valence-corrected chi connectivity index (χ2v) is 15.4. The molecule has 1 aromatic heterocycles. The molecule has 0 saturated carbocycles. The maximum atomic E-state index is 13.6. The van der Waals surface area contributed by atoms with Crippen LogP contribution in [0.1, 0.15) is 63.2 Å². The van der Waals surface area contributed by atoms with Crippen LogP contribution in [-0.2, 0) is 22.4 Å². The highest BCUT2D eigenvalue weighted by molar-refractivity contribution is 8.00. The van der Waals surface area contributed by atoms with Crippen molar-refractivity contribution in [3.63, 3.8) is 0 Å². The van der Waals surface area contributed by atoms with E-state index in [0.717, 1.165) is 34.6 Å². The van der Waals surface area contributed by atoms with Crippen molar-refractivity contribution in [2.75, 3.05) is 10.6 Å². The molecule has 3 N–H and O–H groups in total. The molecular formula is C41H34Cl2N4O3S2. The number of rotatable bonds is 11. The summed E-state index contributed by atoms with van der Waals surface area (Å²) in [5.74, 6) is -0.834. The predicted molar refractivity (Wildman–Crippen MR) is 212 cm³/mol. The van der Waals surface area contributed by atoms with Crippen molar-refractivity contribution < 1.29 is 14.4 Å². The lowest BCUT2D eigenvalue weighted by Gasteiger charge is -2.22. The van der Waals surface area contributed by atoms with Gasteiger partial charge in [-0.2, -0.15) is 5.26 Å². The third-order valence-electron chi connectivity index (χ3n) is 8.71. The van der Waals surface area contributed by atoms with Gasteiger partial charge in [-0.3, -0.25) is 14.4 Å². The Kier molecular flexibility index (Phi) is 12.2. The molecular weight excluding hydrogens is 732 g/mol. The smallest absolute Gasteiger partial charge is 0.272 e. The monoisotopic (exact) mass is 764 g/mol. The molecule has 0 spiro atoms. The van der Waals surface area contributed by atoms with Crippen molar-refractivity contribution >= 4 is 80.8 Å². The highest BCUT2D eigenvalue weighted by atomic mass is 35.5. The summed E-state index contributed by atoms with van der Waals surface area (Å²) in [6.45, 7) is 1.94. The van der Waals surface area contributed by atoms with Gasteiger partial charge in [0, 0.05) is 31.1 Å². The van der Waals surface area contributed by atoms with Gasteiger partial charge in [-0.15, -0.1) is 23.1 Å². The molecule has 0 bridgehead atoms. The Labute approximate surface area is 321 Å². The molecule has 5 aromatic rings. The number of thiophene rings is 1. The molecule has 4 aromatic carbocycles. The van der Waals surface area contributed by atoms with E-state index in [1.165, 1.54) is 34.7 Å². The van der Waals surface area contributed by atoms with E-state index in [4.69, 9.17) is 23.2 Å². The van der Waals surface area contributed by atoms with Gasteiger partial charge in [0.2, 0.25) is 5.91 Å². The number of fused-ring (bicyclic) bond motifs is 1. The van der Waals surface area contributed by atoms with Gasteiger partial charge in [0.1, 0.15) is 16.8 Å². The average Bonchev–Trinajstić information content (AvgIpc) is 3.51. The lowest BCUT2D eigenvalue weighted by Crippen LogP contribution is -2.30. The summed E-state index contributed by atoms with van der Waals surface area (Å²) in [5, 5.41) is 19.6. The van der Waals surface area contributed by atoms with Crippen LogP contribution in [0.3, 0.4) is 0 Å². The summed E-state index contributed by atoms with van der Waals surface area (Å²) in [5.41, 5.74) is 4.22. The maximum absolute atomic E-state index is 13.6. The van der Waals surface area contributed by atoms with Crippen LogP contribution in [0.5, 0.6) is 0 Å². The number of anilines is 2. The van der Waals surface area contributed by atoms with Gasteiger partial charge < -0.3 is 16.0 Å². The van der Waals surface area contributed by atoms with Gasteiger partial charge in [0.15, 0.2) is 0 Å². The van der Waals surface area contributed by atoms with Gasteiger partial charge in [0.25, 0.3) is 11.8 Å². The third kappa shape index (κ3) is 8.95. The van der Waals surface area contributed by atoms with E-state index < -0.39 is 17.1 Å². The Bertz CT molecular complexity index is 2180. The zero-order valence-electron chi connectivity index (χ0n) is 28.1. The number of nitrogens with one attached hydrogen (secondary N) is 3. The molecule has 2 atom stereocenters. The van der Waals surface area contributed by atoms with E-state index in [1.54, 1.807) is 66.7 Å². The lowest BCUT2D eigenvalue weighted by molar-refractivity contribution is -0.116. The summed E-state index contributed by atoms with van der Waals surface area (Å²) in [6.07, 6.45) is 4.63. The molecule has 0 saturated heterocycles. The minimum atomic E-state index is -0.567. The second kappa shape index (κ2) is 17.1. The average molecular weight is 766 g/mol. The first kappa shape index (κ1) is 36.9. The van der Waals surface area contributed by atoms with E-state index in [9.17, 15) is 19.6 Å². The molecule has 262 valence electrons. The first-order valence-electron chi connectivity index (χ1n) is 16.7. The molecule has 6 rings (SSSR count). The fraction of sp³-hybridized carbons (Fsp3) is 0.171. The number of carbonyl (C=O) groups excluding carboxylic acids is 3. The van der Waals surface area contributed by atoms with Crippen molar-refractivity contribution in [3.05, 3.63) is 152 Å². The highest BCUT2D eigenvalue weighted by Crippen LogP contribution is 2.42. The van der Waals surface area contributed by atoms with Gasteiger partial charge in [0.05, 0.1) is 10.8 Å². The van der Waals surface area contributed by atoms with Crippen LogP contribution in [0.15, 0.2) is 114 Å². The standard InChI is InChI=1S/C41H34Cl2N4O3S2/c1-2-36(40(50)47-41-33(24-44)32-19-17-27(21-37(32)52-41)25-10-5-3-6-11-25)51-31-15-9-14-30(23-31)45-39(49)35(20-28-16-18-29(42)22-34(28)43)46-38(48)26-12-7-4-8-13-26/h3-16,18,20,22-23,27,36H,2,17,19,21H2,1H3,(H,45,49)(H,46,48)(H,47,50)/b35-20+. The van der Waals surface area contributed by atoms with Crippen molar-refractivity contribution in [2.24, 2.45) is 0 Å². The Hall–Kier alpha value is -4.85. The van der Waals surface area contributed by atoms with E-state index >= 15 is 0 Å². The molecule has 1 heterocycles. The zero-order chi connectivity index (χ0) is 36.6. The number of nitriles is 1. The molecule has 2 unspecified atom stereocenters. The molecule has 1 aliphatic rings. The quantitative estimate of drug-likeness (QED) is 0.0916. The number of benzene rings is 4. The molecule has 0 radical (unpaired) electrons. The SMILES string of the molecule is CCC(Sc1cccc(NC(=O)/C(=C\c2ccc(Cl)cc2Cl)NC(=O)c2ccccc2)c1)C(=O)Nc1sc2c(c1C#N)CCC(c1ccccc1)C2. The van der Waals surface area contributed by atoms with Crippen LogP contribution in [0, 0.1) is 11.3 Å². The van der Waals surface area contributed by atoms with Crippen molar-refractivity contribution in [1.82, 2.24) is 5.32 Å². The molecule has 7 nitrogen and oxygen atoms in total. The minimum Gasteiger partial charge on any atom is -0.321 e. The fourth-order valence-corrected chi connectivity index (χ4v) is 8.80. The highest BCUT2D eigenvalue weighted by Gasteiger charge is 2.28. The Morgan fingerprint density at radius 1 is 0.962 bits per heavy atom. The van der Waals surface area contributed by atoms with Crippen LogP contribution in [-0.4, -0.2) is 23.0 Å². The van der Waals surface area contributed by atoms with Crippen LogP contribution < -0.4 is 16.0 Å². The van der Waals surface area contributed by atoms with Gasteiger partial charge in [-0.25, -0.2) is 0 Å². The summed E-state index contributed by atoms with van der Waals surface area (Å²) in [7, 11) is 0. The molecule has 3 amide bonds. The van der Waals surface area contributed by atoms with Crippen LogP contribution >= 0.6 is 46.3 Å². The molecule has 52 heavy (non-hydrogen) atoms. The molecule has 11 heteroatoms. The topological polar surface area (TPSA) is 111 Å². The number of halogens is 2. The van der Waals surface area contributed by atoms with E-state index in [-0.39, 0.29) is 11.6 Å². The number of nitrogens with zero attached hydrogens (tertiary/aromatic N) is 1. The summed E-state index contributed by atoms with van der Waals surface area (Å²) in [4.78, 5) is 42.3. The van der Waals surface area contributed by atoms with Gasteiger partial charge in [-0.1, -0.05) is 90.8 Å². The second-order valence-electron chi connectivity index (χ2n) is 12.2. The number of hydrogen-bond acceptors (Lipinski definition) is 6. The number of amides is 3. The van der Waals surface area contributed by atoms with Crippen molar-refractivity contribution in [2.45, 2.75) is 48.7 Å². The van der Waals surface area contributed by atoms with Crippen molar-refractivity contribution in [3.8, 4) is 6.07 Å². The van der Waals surface area contributed by atoms with E-state index in [2.05, 4.69) is 46.3 Å². The first-order valence-corrected chi connectivity index (χ1v) is 19.2. The molecule has 0 fully saturated rings. The van der Waals surface area contributed by atoms with Crippen LogP contribution in [0.25, 0.3) is 6.08 Å². The van der Waals surface area contributed by atoms with Gasteiger partial charge >= 0.3 is 0 Å². The maximum Gasteiger partial charge on any atom is 0.272 e. The summed E-state index contributed by atoms with van der Waals surface area (Å²) >= 11 is 15.3. The lowest BCUT2D eigenvalue weighted by atomic mass is 9.83. The van der Waals surface area contributed by atoms with Crippen LogP contribution in [0.4, 0.5) is 10.7 Å². The number of hydrogen-bond donors (Lipinski definition) is 3. The number of thioether (sulfide) groups is 1. The minimum absolute atomic E-state index is 0.0241. The van der Waals surface area contributed by atoms with Crippen LogP contribution in [0.2, 0.25) is 10.0 Å². The Balaban J connectivity index is 1.16. The normalized spacial score (nSPS) is 14.4. The van der Waals surface area contributed by atoms with Gasteiger partial charge in [-0.05, 0) is 96.8 Å². The predicted octanol–water partition coefficient (Wildman–Crippen LogP) is 10.1. The Morgan fingerprint density at radius 3 is 2.42 bits per heavy atom. The fourth-order valence-electron chi connectivity index (χ4n) is 6.04.